The van der Waals surface area contributed by atoms with Crippen LogP contribution in [0.4, 0.5) is 23.2 Å². The molecule has 1 rings (SSSR count). The molecule has 0 unspecified atom stereocenters. The highest BCUT2D eigenvalue weighted by Crippen LogP contribution is 2.27. The fourth-order valence-corrected chi connectivity index (χ4v) is 2.11. The van der Waals surface area contributed by atoms with Crippen LogP contribution < -0.4 is 10.1 Å². The molecule has 0 aliphatic heterocycles. The summed E-state index contributed by atoms with van der Waals surface area (Å²) in [7, 11) is 0. The maximum atomic E-state index is 13.4. The van der Waals surface area contributed by atoms with E-state index in [1.807, 2.05) is 0 Å². The summed E-state index contributed by atoms with van der Waals surface area (Å²) in [5, 5.41) is 11.7. The van der Waals surface area contributed by atoms with Gasteiger partial charge in [-0.25, -0.2) is 9.18 Å². The first-order chi connectivity index (χ1) is 11.2. The molecule has 0 aromatic heterocycles. The molecule has 0 spiro atoms. The first-order valence-electron chi connectivity index (χ1n) is 7.38. The molecule has 0 heterocycles. The Morgan fingerprint density at radius 3 is 2.58 bits per heavy atom. The van der Waals surface area contributed by atoms with Crippen molar-refractivity contribution < 1.29 is 32.2 Å². The predicted octanol–water partition coefficient (Wildman–Crippen LogP) is 4.73. The zero-order valence-electron chi connectivity index (χ0n) is 12.9. The summed E-state index contributed by atoms with van der Waals surface area (Å²) in [6.45, 7) is 3.59. The van der Waals surface area contributed by atoms with E-state index < -0.39 is 29.9 Å². The number of benzene rings is 1. The third-order valence-corrected chi connectivity index (χ3v) is 3.14. The van der Waals surface area contributed by atoms with Gasteiger partial charge < -0.3 is 15.2 Å². The van der Waals surface area contributed by atoms with E-state index in [1.165, 1.54) is 0 Å². The average molecular weight is 349 g/mol. The lowest BCUT2D eigenvalue weighted by Crippen LogP contribution is -2.29. The van der Waals surface area contributed by atoms with Crippen LogP contribution >= 0.6 is 0 Å². The Hall–Kier alpha value is -2.25. The van der Waals surface area contributed by atoms with Crippen LogP contribution in [0.15, 0.2) is 30.9 Å². The summed E-state index contributed by atoms with van der Waals surface area (Å²) in [5.41, 5.74) is -0.0901. The van der Waals surface area contributed by atoms with Crippen LogP contribution in [-0.4, -0.2) is 23.5 Å². The standard InChI is InChI=1S/C16H19F4NO3/c1-2-3-4-5-6-7-14(15(22)23)21-12-8-11(17)9-13(10-12)24-16(18,19)20/h2,8-10,14,21H,1,3-7H2,(H,22,23)/t14-/m0/s1. The van der Waals surface area contributed by atoms with Gasteiger partial charge in [0.15, 0.2) is 0 Å². The molecule has 0 aliphatic rings. The molecule has 1 aromatic carbocycles. The highest BCUT2D eigenvalue weighted by atomic mass is 19.4. The zero-order chi connectivity index (χ0) is 18.2. The third-order valence-electron chi connectivity index (χ3n) is 3.14. The molecular weight excluding hydrogens is 330 g/mol. The number of rotatable bonds is 10. The normalized spacial score (nSPS) is 12.5. The Kier molecular flexibility index (Phi) is 7.54. The van der Waals surface area contributed by atoms with E-state index in [1.54, 1.807) is 6.08 Å². The molecule has 8 heteroatoms. The maximum Gasteiger partial charge on any atom is 0.573 e. The topological polar surface area (TPSA) is 58.6 Å². The number of alkyl halides is 3. The number of carboxylic acids is 1. The number of carbonyl (C=O) groups is 1. The Morgan fingerprint density at radius 1 is 1.29 bits per heavy atom. The first kappa shape index (κ1) is 19.8. The SMILES string of the molecule is C=CCCCCC[C@H](Nc1cc(F)cc(OC(F)(F)F)c1)C(=O)O. The van der Waals surface area contributed by atoms with Crippen LogP contribution in [-0.2, 0) is 4.79 Å². The fraction of sp³-hybridized carbons (Fsp3) is 0.438. The summed E-state index contributed by atoms with van der Waals surface area (Å²) < 4.78 is 53.6. The van der Waals surface area contributed by atoms with E-state index in [9.17, 15) is 27.5 Å². The van der Waals surface area contributed by atoms with Gasteiger partial charge in [0, 0.05) is 17.8 Å². The van der Waals surface area contributed by atoms with Gasteiger partial charge in [-0.3, -0.25) is 0 Å². The van der Waals surface area contributed by atoms with E-state index in [0.717, 1.165) is 31.4 Å². The summed E-state index contributed by atoms with van der Waals surface area (Å²) in [5.74, 6) is -2.88. The van der Waals surface area contributed by atoms with E-state index in [-0.39, 0.29) is 12.1 Å². The minimum absolute atomic E-state index is 0.0901. The number of hydrogen-bond donors (Lipinski definition) is 2. The summed E-state index contributed by atoms with van der Waals surface area (Å²) in [6, 6.07) is 1.36. The number of allylic oxidation sites excluding steroid dienone is 1. The summed E-state index contributed by atoms with van der Waals surface area (Å²) >= 11 is 0. The van der Waals surface area contributed by atoms with E-state index in [0.29, 0.717) is 12.5 Å². The van der Waals surface area contributed by atoms with Crippen molar-refractivity contribution in [1.82, 2.24) is 0 Å². The molecule has 0 amide bonds. The molecule has 0 bridgehead atoms. The first-order valence-corrected chi connectivity index (χ1v) is 7.38. The lowest BCUT2D eigenvalue weighted by atomic mass is 10.1. The molecule has 24 heavy (non-hydrogen) atoms. The number of ether oxygens (including phenoxy) is 1. The van der Waals surface area contributed by atoms with Crippen molar-refractivity contribution in [1.29, 1.82) is 0 Å². The van der Waals surface area contributed by atoms with Gasteiger partial charge in [0.05, 0.1) is 0 Å². The van der Waals surface area contributed by atoms with Crippen LogP contribution in [0.25, 0.3) is 0 Å². The van der Waals surface area contributed by atoms with E-state index in [2.05, 4.69) is 16.6 Å². The molecule has 0 saturated carbocycles. The fourth-order valence-electron chi connectivity index (χ4n) is 2.11. The number of hydrogen-bond acceptors (Lipinski definition) is 3. The van der Waals surface area contributed by atoms with Crippen molar-refractivity contribution in [2.45, 2.75) is 44.5 Å². The second-order valence-electron chi connectivity index (χ2n) is 5.19. The van der Waals surface area contributed by atoms with Gasteiger partial charge >= 0.3 is 12.3 Å². The second-order valence-corrected chi connectivity index (χ2v) is 5.19. The number of unbranched alkanes of at least 4 members (excludes halogenated alkanes) is 3. The molecule has 0 aliphatic carbocycles. The number of nitrogens with one attached hydrogen (secondary N) is 1. The lowest BCUT2D eigenvalue weighted by molar-refractivity contribution is -0.274. The molecule has 1 atom stereocenters. The highest BCUT2D eigenvalue weighted by molar-refractivity contribution is 5.77. The summed E-state index contributed by atoms with van der Waals surface area (Å²) in [6.07, 6.45) is 0.178. The lowest BCUT2D eigenvalue weighted by Gasteiger charge is -2.17. The number of aliphatic carboxylic acids is 1. The molecule has 1 aromatic rings. The van der Waals surface area contributed by atoms with Crippen molar-refractivity contribution in [3.63, 3.8) is 0 Å². The van der Waals surface area contributed by atoms with E-state index in [4.69, 9.17) is 0 Å². The van der Waals surface area contributed by atoms with Gasteiger partial charge in [-0.1, -0.05) is 18.9 Å². The minimum atomic E-state index is -4.96. The zero-order valence-corrected chi connectivity index (χ0v) is 12.9. The molecule has 2 N–H and O–H groups in total. The van der Waals surface area contributed by atoms with Gasteiger partial charge in [0.25, 0.3) is 0 Å². The molecular formula is C16H19F4NO3. The van der Waals surface area contributed by atoms with Crippen LogP contribution in [0.2, 0.25) is 0 Å². The average Bonchev–Trinajstić information content (AvgIpc) is 2.43. The minimum Gasteiger partial charge on any atom is -0.480 e. The van der Waals surface area contributed by atoms with Crippen molar-refractivity contribution in [3.05, 3.63) is 36.7 Å². The van der Waals surface area contributed by atoms with Gasteiger partial charge in [0.1, 0.15) is 17.6 Å². The third kappa shape index (κ3) is 7.85. The van der Waals surface area contributed by atoms with Gasteiger partial charge in [0.2, 0.25) is 0 Å². The quantitative estimate of drug-likeness (QED) is 0.364. The number of carboxylic acid groups (broad SMARTS) is 1. The Bertz CT molecular complexity index is 561. The maximum absolute atomic E-state index is 13.4. The van der Waals surface area contributed by atoms with Gasteiger partial charge in [-0.2, -0.15) is 0 Å². The van der Waals surface area contributed by atoms with Crippen molar-refractivity contribution >= 4 is 11.7 Å². The summed E-state index contributed by atoms with van der Waals surface area (Å²) in [4.78, 5) is 11.2. The van der Waals surface area contributed by atoms with Crippen LogP contribution in [0.1, 0.15) is 32.1 Å². The van der Waals surface area contributed by atoms with Gasteiger partial charge in [-0.15, -0.1) is 19.8 Å². The molecule has 0 fully saturated rings. The number of anilines is 1. The smallest absolute Gasteiger partial charge is 0.480 e. The van der Waals surface area contributed by atoms with Gasteiger partial charge in [-0.05, 0) is 25.3 Å². The Morgan fingerprint density at radius 2 is 2.00 bits per heavy atom. The molecule has 0 radical (unpaired) electrons. The van der Waals surface area contributed by atoms with Crippen molar-refractivity contribution in [2.75, 3.05) is 5.32 Å². The van der Waals surface area contributed by atoms with Crippen molar-refractivity contribution in [3.8, 4) is 5.75 Å². The second kappa shape index (κ2) is 9.14. The Balaban J connectivity index is 2.72. The molecule has 0 saturated heterocycles. The van der Waals surface area contributed by atoms with E-state index >= 15 is 0 Å². The number of halogens is 4. The molecule has 4 nitrogen and oxygen atoms in total. The highest BCUT2D eigenvalue weighted by Gasteiger charge is 2.31. The monoisotopic (exact) mass is 349 g/mol. The Labute approximate surface area is 137 Å². The predicted molar refractivity (Wildman–Crippen MR) is 81.4 cm³/mol. The largest absolute Gasteiger partial charge is 0.573 e. The van der Waals surface area contributed by atoms with Crippen LogP contribution in [0, 0.1) is 5.82 Å². The molecule has 134 valence electrons. The van der Waals surface area contributed by atoms with Crippen LogP contribution in [0.3, 0.4) is 0 Å². The van der Waals surface area contributed by atoms with Crippen LogP contribution in [0.5, 0.6) is 5.75 Å². The van der Waals surface area contributed by atoms with Crippen molar-refractivity contribution in [2.24, 2.45) is 0 Å².